The van der Waals surface area contributed by atoms with Crippen molar-refractivity contribution in [1.82, 2.24) is 8.61 Å². The summed E-state index contributed by atoms with van der Waals surface area (Å²) in [4.78, 5) is 12.9. The smallest absolute Gasteiger partial charge is 0.281 e. The van der Waals surface area contributed by atoms with Crippen LogP contribution < -0.4 is 14.8 Å². The normalized spacial score (nSPS) is 21.6. The van der Waals surface area contributed by atoms with E-state index < -0.39 is 16.1 Å². The first-order valence-electron chi connectivity index (χ1n) is 10.3. The number of rotatable bonds is 6. The first kappa shape index (κ1) is 23.1. The summed E-state index contributed by atoms with van der Waals surface area (Å²) in [6.07, 6.45) is 5.16. The standard InChI is InChI=1S/C20H30ClN3O5S/c1-28-18-13-19(29-2)17(12-16(18)21)22-20(25)15-8-7-11-24(14-15)30(26,27)23-9-5-3-4-6-10-23/h12-13,15H,3-11,14H2,1-2H3,(H,22,25). The van der Waals surface area contributed by atoms with Crippen LogP contribution in [0, 0.1) is 5.92 Å². The Morgan fingerprint density at radius 1 is 1.00 bits per heavy atom. The number of carbonyl (C=O) groups excluding carboxylic acids is 1. The van der Waals surface area contributed by atoms with Crippen LogP contribution in [0.3, 0.4) is 0 Å². The minimum absolute atomic E-state index is 0.177. The lowest BCUT2D eigenvalue weighted by atomic mass is 9.98. The second-order valence-corrected chi connectivity index (χ2v) is 10.0. The van der Waals surface area contributed by atoms with Gasteiger partial charge in [0.2, 0.25) is 5.91 Å². The molecule has 8 nitrogen and oxygen atoms in total. The molecule has 168 valence electrons. The van der Waals surface area contributed by atoms with Gasteiger partial charge in [0.25, 0.3) is 10.2 Å². The van der Waals surface area contributed by atoms with Crippen molar-refractivity contribution in [2.75, 3.05) is 45.7 Å². The van der Waals surface area contributed by atoms with Gasteiger partial charge in [-0.05, 0) is 31.7 Å². The van der Waals surface area contributed by atoms with Crippen LogP contribution in [0.5, 0.6) is 11.5 Å². The molecule has 1 amide bonds. The Bertz CT molecular complexity index is 856. The number of nitrogens with zero attached hydrogens (tertiary/aromatic N) is 2. The van der Waals surface area contributed by atoms with Gasteiger partial charge < -0.3 is 14.8 Å². The summed E-state index contributed by atoms with van der Waals surface area (Å²) < 4.78 is 39.8. The molecule has 3 rings (SSSR count). The zero-order chi connectivity index (χ0) is 21.7. The summed E-state index contributed by atoms with van der Waals surface area (Å²) in [6.45, 7) is 1.73. The van der Waals surface area contributed by atoms with Crippen LogP contribution in [0.1, 0.15) is 38.5 Å². The summed E-state index contributed by atoms with van der Waals surface area (Å²) >= 11 is 6.19. The van der Waals surface area contributed by atoms with Gasteiger partial charge in [-0.1, -0.05) is 24.4 Å². The van der Waals surface area contributed by atoms with Gasteiger partial charge in [-0.15, -0.1) is 0 Å². The Labute approximate surface area is 183 Å². The molecule has 0 aliphatic carbocycles. The van der Waals surface area contributed by atoms with Gasteiger partial charge in [-0.25, -0.2) is 0 Å². The molecule has 2 fully saturated rings. The highest BCUT2D eigenvalue weighted by Crippen LogP contribution is 2.36. The van der Waals surface area contributed by atoms with E-state index in [0.29, 0.717) is 54.7 Å². The van der Waals surface area contributed by atoms with Crippen molar-refractivity contribution < 1.29 is 22.7 Å². The quantitative estimate of drug-likeness (QED) is 0.706. The number of piperidine rings is 1. The highest BCUT2D eigenvalue weighted by Gasteiger charge is 2.36. The molecular weight excluding hydrogens is 430 g/mol. The third kappa shape index (κ3) is 5.19. The van der Waals surface area contributed by atoms with E-state index in [1.807, 2.05) is 0 Å². The number of hydrogen-bond donors (Lipinski definition) is 1. The summed E-state index contributed by atoms with van der Waals surface area (Å²) in [5, 5.41) is 3.20. The van der Waals surface area contributed by atoms with Crippen molar-refractivity contribution in [3.05, 3.63) is 17.2 Å². The number of hydrogen-bond acceptors (Lipinski definition) is 5. The van der Waals surface area contributed by atoms with E-state index in [1.165, 1.54) is 18.5 Å². The zero-order valence-corrected chi connectivity index (χ0v) is 19.1. The summed E-state index contributed by atoms with van der Waals surface area (Å²) in [5.74, 6) is 0.185. The number of halogens is 1. The van der Waals surface area contributed by atoms with Crippen molar-refractivity contribution in [3.8, 4) is 11.5 Å². The molecule has 2 aliphatic heterocycles. The molecule has 0 radical (unpaired) electrons. The zero-order valence-electron chi connectivity index (χ0n) is 17.5. The van der Waals surface area contributed by atoms with Crippen LogP contribution in [-0.2, 0) is 15.0 Å². The minimum Gasteiger partial charge on any atom is -0.495 e. The summed E-state index contributed by atoms with van der Waals surface area (Å²) in [6, 6.07) is 3.18. The first-order valence-corrected chi connectivity index (χ1v) is 12.1. The minimum atomic E-state index is -3.55. The Balaban J connectivity index is 1.71. The van der Waals surface area contributed by atoms with Crippen molar-refractivity contribution in [3.63, 3.8) is 0 Å². The number of anilines is 1. The van der Waals surface area contributed by atoms with E-state index in [0.717, 1.165) is 25.7 Å². The second-order valence-electron chi connectivity index (χ2n) is 7.69. The molecular formula is C20H30ClN3O5S. The predicted molar refractivity (Wildman–Crippen MR) is 116 cm³/mol. The highest BCUT2D eigenvalue weighted by molar-refractivity contribution is 7.86. The molecule has 1 aromatic carbocycles. The fourth-order valence-electron chi connectivity index (χ4n) is 3.99. The Kier molecular flexibility index (Phi) is 7.84. The van der Waals surface area contributed by atoms with E-state index in [1.54, 1.807) is 16.4 Å². The first-order chi connectivity index (χ1) is 14.4. The van der Waals surface area contributed by atoms with Gasteiger partial charge in [0.15, 0.2) is 0 Å². The van der Waals surface area contributed by atoms with Crippen LogP contribution in [0.15, 0.2) is 12.1 Å². The molecule has 0 spiro atoms. The van der Waals surface area contributed by atoms with Crippen LogP contribution >= 0.6 is 11.6 Å². The average Bonchev–Trinajstić information content (AvgIpc) is 3.04. The molecule has 0 bridgehead atoms. The lowest BCUT2D eigenvalue weighted by Gasteiger charge is -2.34. The second kappa shape index (κ2) is 10.2. The number of nitrogens with one attached hydrogen (secondary N) is 1. The summed E-state index contributed by atoms with van der Waals surface area (Å²) in [5.41, 5.74) is 0.431. The third-order valence-electron chi connectivity index (χ3n) is 5.70. The maximum Gasteiger partial charge on any atom is 0.281 e. The fourth-order valence-corrected chi connectivity index (χ4v) is 6.01. The summed E-state index contributed by atoms with van der Waals surface area (Å²) in [7, 11) is -0.557. The van der Waals surface area contributed by atoms with Crippen LogP contribution in [0.4, 0.5) is 5.69 Å². The van der Waals surface area contributed by atoms with Crippen molar-refractivity contribution >= 4 is 33.4 Å². The average molecular weight is 460 g/mol. The van der Waals surface area contributed by atoms with Gasteiger partial charge in [0, 0.05) is 32.2 Å². The largest absolute Gasteiger partial charge is 0.495 e. The third-order valence-corrected chi connectivity index (χ3v) is 8.00. The molecule has 1 unspecified atom stereocenters. The number of benzene rings is 1. The molecule has 2 saturated heterocycles. The molecule has 2 aliphatic rings. The van der Waals surface area contributed by atoms with Gasteiger partial charge in [-0.2, -0.15) is 17.0 Å². The monoisotopic (exact) mass is 459 g/mol. The van der Waals surface area contributed by atoms with Gasteiger partial charge in [0.05, 0.1) is 30.8 Å². The van der Waals surface area contributed by atoms with Gasteiger partial charge in [0.1, 0.15) is 11.5 Å². The molecule has 1 atom stereocenters. The Morgan fingerprint density at radius 2 is 1.63 bits per heavy atom. The Hall–Kier alpha value is -1.55. The van der Waals surface area contributed by atoms with Crippen molar-refractivity contribution in [1.29, 1.82) is 0 Å². The predicted octanol–water partition coefficient (Wildman–Crippen LogP) is 3.13. The van der Waals surface area contributed by atoms with Crippen LogP contribution in [0.25, 0.3) is 0 Å². The van der Waals surface area contributed by atoms with Crippen molar-refractivity contribution in [2.45, 2.75) is 38.5 Å². The molecule has 1 N–H and O–H groups in total. The lowest BCUT2D eigenvalue weighted by molar-refractivity contribution is -0.120. The molecule has 1 aromatic rings. The number of amides is 1. The molecule has 10 heteroatoms. The highest BCUT2D eigenvalue weighted by atomic mass is 35.5. The van der Waals surface area contributed by atoms with E-state index in [-0.39, 0.29) is 12.5 Å². The number of ether oxygens (including phenoxy) is 2. The maximum atomic E-state index is 13.1. The Morgan fingerprint density at radius 3 is 2.27 bits per heavy atom. The van der Waals surface area contributed by atoms with E-state index in [4.69, 9.17) is 21.1 Å². The SMILES string of the molecule is COc1cc(OC)c(NC(=O)C2CCCN(S(=O)(=O)N3CCCCCC3)C2)cc1Cl. The molecule has 0 saturated carbocycles. The van der Waals surface area contributed by atoms with Gasteiger partial charge in [-0.3, -0.25) is 4.79 Å². The molecule has 0 aromatic heterocycles. The van der Waals surface area contributed by atoms with Crippen LogP contribution in [-0.4, -0.2) is 63.3 Å². The van der Waals surface area contributed by atoms with Crippen molar-refractivity contribution in [2.24, 2.45) is 5.92 Å². The van der Waals surface area contributed by atoms with E-state index in [2.05, 4.69) is 5.32 Å². The number of methoxy groups -OCH3 is 2. The fraction of sp³-hybridized carbons (Fsp3) is 0.650. The number of carbonyl (C=O) groups is 1. The lowest BCUT2D eigenvalue weighted by Crippen LogP contribution is -2.50. The van der Waals surface area contributed by atoms with E-state index in [9.17, 15) is 13.2 Å². The van der Waals surface area contributed by atoms with E-state index >= 15 is 0 Å². The maximum absolute atomic E-state index is 13.1. The molecule has 30 heavy (non-hydrogen) atoms. The topological polar surface area (TPSA) is 88.2 Å². The molecule has 2 heterocycles. The van der Waals surface area contributed by atoms with Crippen LogP contribution in [0.2, 0.25) is 5.02 Å². The van der Waals surface area contributed by atoms with Gasteiger partial charge >= 0.3 is 0 Å².